The summed E-state index contributed by atoms with van der Waals surface area (Å²) in [5.74, 6) is 0.891. The maximum absolute atomic E-state index is 5.11. The molecule has 2 rings (SSSR count). The summed E-state index contributed by atoms with van der Waals surface area (Å²) in [5, 5.41) is 0. The summed E-state index contributed by atoms with van der Waals surface area (Å²) in [6.07, 6.45) is 4.01. The van der Waals surface area contributed by atoms with Crippen molar-refractivity contribution in [2.75, 3.05) is 7.11 Å². The Morgan fingerprint density at radius 2 is 1.79 bits per heavy atom. The summed E-state index contributed by atoms with van der Waals surface area (Å²) in [7, 11) is 1.68. The van der Waals surface area contributed by atoms with Gasteiger partial charge in [0.1, 0.15) is 5.75 Å². The second-order valence-electron chi connectivity index (χ2n) is 3.28. The van der Waals surface area contributed by atoms with E-state index < -0.39 is 0 Å². The van der Waals surface area contributed by atoms with Crippen LogP contribution >= 0.6 is 0 Å². The molecule has 0 bridgehead atoms. The smallest absolute Gasteiger partial charge is 0.118 e. The predicted octanol–water partition coefficient (Wildman–Crippen LogP) is 3.00. The van der Waals surface area contributed by atoms with Gasteiger partial charge in [0.25, 0.3) is 0 Å². The lowest BCUT2D eigenvalue weighted by Gasteiger charge is -2.02. The van der Waals surface area contributed by atoms with Gasteiger partial charge in [0.15, 0.2) is 0 Å². The molecule has 0 saturated heterocycles. The fraction of sp³-hybridized carbons (Fsp3) is 0.167. The molecule has 72 valence electrons. The van der Waals surface area contributed by atoms with Gasteiger partial charge in [-0.3, -0.25) is 0 Å². The Bertz CT molecular complexity index is 414. The molecule has 0 fully saturated rings. The molecule has 1 aromatic carbocycles. The van der Waals surface area contributed by atoms with Crippen LogP contribution in [-0.4, -0.2) is 12.1 Å². The first-order valence-electron chi connectivity index (χ1n) is 4.59. The highest BCUT2D eigenvalue weighted by Crippen LogP contribution is 2.24. The summed E-state index contributed by atoms with van der Waals surface area (Å²) in [5.41, 5.74) is 3.72. The van der Waals surface area contributed by atoms with Gasteiger partial charge in [0, 0.05) is 18.0 Å². The Hall–Kier alpha value is -1.70. The molecule has 0 atom stereocenters. The number of rotatable bonds is 2. The number of aromatic nitrogens is 1. The SMILES string of the molecule is COc1ccc(-c2c[nH]cc2C)cc1. The van der Waals surface area contributed by atoms with Gasteiger partial charge in [-0.05, 0) is 30.2 Å². The Kier molecular flexibility index (Phi) is 2.27. The van der Waals surface area contributed by atoms with Gasteiger partial charge in [0.2, 0.25) is 0 Å². The summed E-state index contributed by atoms with van der Waals surface area (Å²) in [4.78, 5) is 3.09. The van der Waals surface area contributed by atoms with Crippen LogP contribution in [0.1, 0.15) is 5.56 Å². The second kappa shape index (κ2) is 3.58. The Balaban J connectivity index is 2.39. The molecular weight excluding hydrogens is 174 g/mol. The van der Waals surface area contributed by atoms with E-state index in [9.17, 15) is 0 Å². The van der Waals surface area contributed by atoms with E-state index in [0.717, 1.165) is 5.75 Å². The van der Waals surface area contributed by atoms with Gasteiger partial charge >= 0.3 is 0 Å². The monoisotopic (exact) mass is 187 g/mol. The minimum absolute atomic E-state index is 0.891. The first-order chi connectivity index (χ1) is 6.81. The van der Waals surface area contributed by atoms with Crippen molar-refractivity contribution in [2.45, 2.75) is 6.92 Å². The van der Waals surface area contributed by atoms with Gasteiger partial charge in [-0.1, -0.05) is 12.1 Å². The van der Waals surface area contributed by atoms with Crippen LogP contribution in [-0.2, 0) is 0 Å². The van der Waals surface area contributed by atoms with Gasteiger partial charge in [0.05, 0.1) is 7.11 Å². The lowest BCUT2D eigenvalue weighted by atomic mass is 10.1. The number of hydrogen-bond donors (Lipinski definition) is 1. The molecule has 2 nitrogen and oxygen atoms in total. The second-order valence-corrected chi connectivity index (χ2v) is 3.28. The van der Waals surface area contributed by atoms with Crippen LogP contribution in [0.5, 0.6) is 5.75 Å². The van der Waals surface area contributed by atoms with Crippen molar-refractivity contribution in [3.8, 4) is 16.9 Å². The third-order valence-corrected chi connectivity index (χ3v) is 2.35. The van der Waals surface area contributed by atoms with Crippen LogP contribution in [0.2, 0.25) is 0 Å². The number of ether oxygens (including phenoxy) is 1. The Morgan fingerprint density at radius 1 is 1.07 bits per heavy atom. The lowest BCUT2D eigenvalue weighted by Crippen LogP contribution is -1.82. The van der Waals surface area contributed by atoms with Crippen LogP contribution in [0.15, 0.2) is 36.7 Å². The largest absolute Gasteiger partial charge is 0.497 e. The zero-order chi connectivity index (χ0) is 9.97. The average molecular weight is 187 g/mol. The fourth-order valence-electron chi connectivity index (χ4n) is 1.52. The summed E-state index contributed by atoms with van der Waals surface area (Å²) in [6.45, 7) is 2.09. The third kappa shape index (κ3) is 1.51. The molecule has 0 spiro atoms. The van der Waals surface area contributed by atoms with Crippen molar-refractivity contribution in [2.24, 2.45) is 0 Å². The van der Waals surface area contributed by atoms with Crippen molar-refractivity contribution in [3.63, 3.8) is 0 Å². The highest BCUT2D eigenvalue weighted by Gasteiger charge is 2.01. The minimum Gasteiger partial charge on any atom is -0.497 e. The van der Waals surface area contributed by atoms with E-state index in [1.54, 1.807) is 7.11 Å². The molecule has 1 aromatic heterocycles. The van der Waals surface area contributed by atoms with Gasteiger partial charge in [-0.25, -0.2) is 0 Å². The van der Waals surface area contributed by atoms with E-state index in [4.69, 9.17) is 4.74 Å². The summed E-state index contributed by atoms with van der Waals surface area (Å²) >= 11 is 0. The van der Waals surface area contributed by atoms with Crippen LogP contribution in [0.4, 0.5) is 0 Å². The zero-order valence-corrected chi connectivity index (χ0v) is 8.37. The van der Waals surface area contributed by atoms with E-state index in [0.29, 0.717) is 0 Å². The quantitative estimate of drug-likeness (QED) is 0.768. The highest BCUT2D eigenvalue weighted by molar-refractivity contribution is 5.66. The molecule has 14 heavy (non-hydrogen) atoms. The molecule has 0 aliphatic rings. The summed E-state index contributed by atoms with van der Waals surface area (Å²) in [6, 6.07) is 8.08. The highest BCUT2D eigenvalue weighted by atomic mass is 16.5. The predicted molar refractivity (Wildman–Crippen MR) is 57.5 cm³/mol. The zero-order valence-electron chi connectivity index (χ0n) is 8.37. The van der Waals surface area contributed by atoms with Crippen molar-refractivity contribution < 1.29 is 4.74 Å². The molecule has 2 aromatic rings. The maximum Gasteiger partial charge on any atom is 0.118 e. The van der Waals surface area contributed by atoms with E-state index >= 15 is 0 Å². The molecule has 2 heteroatoms. The summed E-state index contributed by atoms with van der Waals surface area (Å²) < 4.78 is 5.11. The van der Waals surface area contributed by atoms with E-state index in [1.807, 2.05) is 24.5 Å². The molecular formula is C12H13NO. The first-order valence-corrected chi connectivity index (χ1v) is 4.59. The van der Waals surface area contributed by atoms with Crippen LogP contribution in [0.25, 0.3) is 11.1 Å². The van der Waals surface area contributed by atoms with Crippen molar-refractivity contribution in [1.82, 2.24) is 4.98 Å². The number of benzene rings is 1. The number of aromatic amines is 1. The van der Waals surface area contributed by atoms with E-state index in [1.165, 1.54) is 16.7 Å². The number of H-pyrrole nitrogens is 1. The third-order valence-electron chi connectivity index (χ3n) is 2.35. The number of hydrogen-bond acceptors (Lipinski definition) is 1. The van der Waals surface area contributed by atoms with Gasteiger partial charge in [-0.2, -0.15) is 0 Å². The number of methoxy groups -OCH3 is 1. The fourth-order valence-corrected chi connectivity index (χ4v) is 1.52. The number of nitrogens with one attached hydrogen (secondary N) is 1. The van der Waals surface area contributed by atoms with Crippen LogP contribution < -0.4 is 4.74 Å². The maximum atomic E-state index is 5.11. The van der Waals surface area contributed by atoms with E-state index in [2.05, 4.69) is 24.0 Å². The van der Waals surface area contributed by atoms with Gasteiger partial charge in [-0.15, -0.1) is 0 Å². The van der Waals surface area contributed by atoms with Crippen molar-refractivity contribution >= 4 is 0 Å². The standard InChI is InChI=1S/C12H13NO/c1-9-7-13-8-12(9)10-3-5-11(14-2)6-4-10/h3-8,13H,1-2H3. The molecule has 1 N–H and O–H groups in total. The van der Waals surface area contributed by atoms with E-state index in [-0.39, 0.29) is 0 Å². The Labute approximate surface area is 83.5 Å². The molecule has 0 radical (unpaired) electrons. The topological polar surface area (TPSA) is 25.0 Å². The molecule has 1 heterocycles. The van der Waals surface area contributed by atoms with Crippen molar-refractivity contribution in [1.29, 1.82) is 0 Å². The molecule has 0 unspecified atom stereocenters. The normalized spacial score (nSPS) is 10.1. The van der Waals surface area contributed by atoms with Crippen molar-refractivity contribution in [3.05, 3.63) is 42.2 Å². The number of aryl methyl sites for hydroxylation is 1. The molecule has 0 amide bonds. The first kappa shape index (κ1) is 8.88. The lowest BCUT2D eigenvalue weighted by molar-refractivity contribution is 0.415. The average Bonchev–Trinajstić information content (AvgIpc) is 2.65. The Morgan fingerprint density at radius 3 is 2.29 bits per heavy atom. The van der Waals surface area contributed by atoms with Crippen LogP contribution in [0, 0.1) is 6.92 Å². The minimum atomic E-state index is 0.891. The van der Waals surface area contributed by atoms with Gasteiger partial charge < -0.3 is 9.72 Å². The molecule has 0 aliphatic carbocycles. The van der Waals surface area contributed by atoms with Crippen LogP contribution in [0.3, 0.4) is 0 Å². The molecule has 0 saturated carbocycles. The molecule has 0 aliphatic heterocycles.